The number of nitrogens with zero attached hydrogens (tertiary/aromatic N) is 1. The topological polar surface area (TPSA) is 37.4 Å². The summed E-state index contributed by atoms with van der Waals surface area (Å²) in [5.74, 6) is 0.248. The van der Waals surface area contributed by atoms with E-state index in [1.54, 1.807) is 21.6 Å². The molecule has 0 bridgehead atoms. The van der Waals surface area contributed by atoms with Crippen LogP contribution in [0.5, 0.6) is 0 Å². The first-order chi connectivity index (χ1) is 11.7. The molecular weight excluding hydrogens is 346 g/mol. The number of allylic oxidation sites excluding steroid dienone is 2. The molecule has 1 saturated heterocycles. The second-order valence-electron chi connectivity index (χ2n) is 8.25. The smallest absolute Gasteiger partial charge is 0.207 e. The summed E-state index contributed by atoms with van der Waals surface area (Å²) in [6.07, 6.45) is 7.62. The van der Waals surface area contributed by atoms with Gasteiger partial charge in [0.25, 0.3) is 0 Å². The number of hydrogen-bond donors (Lipinski definition) is 0. The Labute approximate surface area is 153 Å². The van der Waals surface area contributed by atoms with E-state index in [0.717, 1.165) is 24.8 Å². The summed E-state index contributed by atoms with van der Waals surface area (Å²) in [4.78, 5) is 0.411. The number of aryl methyl sites for hydroxylation is 1. The van der Waals surface area contributed by atoms with E-state index >= 15 is 0 Å². The van der Waals surface area contributed by atoms with Crippen molar-refractivity contribution in [2.75, 3.05) is 13.1 Å². The Morgan fingerprint density at radius 1 is 1.08 bits per heavy atom. The minimum Gasteiger partial charge on any atom is -0.207 e. The molecule has 136 valence electrons. The molecule has 0 amide bonds. The van der Waals surface area contributed by atoms with Crippen molar-refractivity contribution in [2.45, 2.75) is 50.7 Å². The van der Waals surface area contributed by atoms with Crippen molar-refractivity contribution in [3.8, 4) is 0 Å². The Morgan fingerprint density at radius 3 is 2.40 bits per heavy atom. The SMILES string of the molecule is Cc1ccc(S(=O)(=O)N2CCC3=C([Si](C)(C)C)CCC=C[C@@H]3C2)cc1. The molecule has 2 aliphatic rings. The molecule has 1 atom stereocenters. The predicted octanol–water partition coefficient (Wildman–Crippen LogP) is 4.53. The van der Waals surface area contributed by atoms with Crippen molar-refractivity contribution in [1.82, 2.24) is 4.31 Å². The number of piperidine rings is 1. The fraction of sp³-hybridized carbons (Fsp3) is 0.500. The molecule has 1 aromatic rings. The van der Waals surface area contributed by atoms with Gasteiger partial charge >= 0.3 is 0 Å². The third-order valence-corrected chi connectivity index (χ3v) is 9.62. The average Bonchev–Trinajstić information content (AvgIpc) is 2.76. The van der Waals surface area contributed by atoms with Crippen LogP contribution < -0.4 is 0 Å². The van der Waals surface area contributed by atoms with Crippen LogP contribution in [0.25, 0.3) is 0 Å². The molecule has 0 radical (unpaired) electrons. The van der Waals surface area contributed by atoms with Gasteiger partial charge in [0.2, 0.25) is 10.0 Å². The maximum atomic E-state index is 13.0. The van der Waals surface area contributed by atoms with Gasteiger partial charge in [-0.25, -0.2) is 8.42 Å². The van der Waals surface area contributed by atoms with Crippen molar-refractivity contribution < 1.29 is 8.42 Å². The second kappa shape index (κ2) is 6.86. The van der Waals surface area contributed by atoms with Gasteiger partial charge in [0.05, 0.1) is 13.0 Å². The highest BCUT2D eigenvalue weighted by molar-refractivity contribution is 7.89. The number of benzene rings is 1. The standard InChI is InChI=1S/C20H29NO2SSi/c1-16-9-11-18(12-10-16)24(22,23)21-14-13-19-17(15-21)7-5-6-8-20(19)25(2,3)4/h5,7,9-12,17H,6,8,13-15H2,1-4H3/t17-/m1/s1. The summed E-state index contributed by atoms with van der Waals surface area (Å²) in [6, 6.07) is 7.20. The lowest BCUT2D eigenvalue weighted by molar-refractivity contribution is 0.351. The number of sulfonamides is 1. The summed E-state index contributed by atoms with van der Waals surface area (Å²) < 4.78 is 27.7. The first kappa shape index (κ1) is 18.6. The Bertz CT molecular complexity index is 801. The summed E-state index contributed by atoms with van der Waals surface area (Å²) in [7, 11) is -4.77. The molecule has 1 fully saturated rings. The van der Waals surface area contributed by atoms with Crippen LogP contribution in [0.2, 0.25) is 19.6 Å². The maximum Gasteiger partial charge on any atom is 0.243 e. The van der Waals surface area contributed by atoms with Crippen LogP contribution in [0.15, 0.2) is 52.1 Å². The van der Waals surface area contributed by atoms with Crippen LogP contribution in [0, 0.1) is 12.8 Å². The molecule has 0 N–H and O–H groups in total. The van der Waals surface area contributed by atoms with Crippen LogP contribution in [-0.2, 0) is 10.0 Å². The zero-order valence-corrected chi connectivity index (χ0v) is 17.6. The van der Waals surface area contributed by atoms with Gasteiger partial charge in [-0.15, -0.1) is 0 Å². The van der Waals surface area contributed by atoms with E-state index in [1.807, 2.05) is 19.1 Å². The molecule has 1 aromatic carbocycles. The van der Waals surface area contributed by atoms with E-state index in [1.165, 1.54) is 5.57 Å². The van der Waals surface area contributed by atoms with E-state index in [0.29, 0.717) is 18.0 Å². The zero-order valence-electron chi connectivity index (χ0n) is 15.7. The van der Waals surface area contributed by atoms with E-state index in [9.17, 15) is 8.42 Å². The predicted molar refractivity (Wildman–Crippen MR) is 107 cm³/mol. The van der Waals surface area contributed by atoms with Gasteiger partial charge in [0, 0.05) is 19.0 Å². The lowest BCUT2D eigenvalue weighted by Crippen LogP contribution is -2.41. The van der Waals surface area contributed by atoms with Gasteiger partial charge in [-0.3, -0.25) is 0 Å². The van der Waals surface area contributed by atoms with Gasteiger partial charge in [0.15, 0.2) is 0 Å². The second-order valence-corrected chi connectivity index (χ2v) is 15.3. The quantitative estimate of drug-likeness (QED) is 0.575. The molecule has 0 unspecified atom stereocenters. The molecule has 3 rings (SSSR count). The molecule has 25 heavy (non-hydrogen) atoms. The Morgan fingerprint density at radius 2 is 1.76 bits per heavy atom. The molecule has 0 spiro atoms. The highest BCUT2D eigenvalue weighted by atomic mass is 32.2. The van der Waals surface area contributed by atoms with Crippen LogP contribution in [0.1, 0.15) is 24.8 Å². The van der Waals surface area contributed by atoms with Crippen LogP contribution in [0.3, 0.4) is 0 Å². The largest absolute Gasteiger partial charge is 0.243 e. The lowest BCUT2D eigenvalue weighted by Gasteiger charge is -2.36. The molecule has 1 aliphatic carbocycles. The van der Waals surface area contributed by atoms with Gasteiger partial charge in [-0.1, -0.05) is 60.3 Å². The molecule has 0 aromatic heterocycles. The van der Waals surface area contributed by atoms with Crippen LogP contribution >= 0.6 is 0 Å². The van der Waals surface area contributed by atoms with E-state index < -0.39 is 18.1 Å². The number of fused-ring (bicyclic) bond motifs is 1. The third kappa shape index (κ3) is 3.83. The van der Waals surface area contributed by atoms with Crippen LogP contribution in [-0.4, -0.2) is 33.9 Å². The van der Waals surface area contributed by atoms with E-state index in [-0.39, 0.29) is 5.92 Å². The molecule has 5 heteroatoms. The van der Waals surface area contributed by atoms with Crippen molar-refractivity contribution >= 4 is 18.1 Å². The Kier molecular flexibility index (Phi) is 5.10. The highest BCUT2D eigenvalue weighted by Crippen LogP contribution is 2.37. The fourth-order valence-electron chi connectivity index (χ4n) is 3.99. The van der Waals surface area contributed by atoms with Crippen LogP contribution in [0.4, 0.5) is 0 Å². The molecular formula is C20H29NO2SSi. The summed E-state index contributed by atoms with van der Waals surface area (Å²) in [6.45, 7) is 10.4. The van der Waals surface area contributed by atoms with Gasteiger partial charge < -0.3 is 0 Å². The molecule has 1 aliphatic heterocycles. The van der Waals surface area contributed by atoms with Gasteiger partial charge in [0.1, 0.15) is 0 Å². The fourth-order valence-corrected chi connectivity index (χ4v) is 7.62. The minimum atomic E-state index is -3.41. The minimum absolute atomic E-state index is 0.248. The molecule has 0 saturated carbocycles. The van der Waals surface area contributed by atoms with Gasteiger partial charge in [-0.05, 0) is 38.3 Å². The first-order valence-electron chi connectivity index (χ1n) is 9.15. The number of hydrogen-bond acceptors (Lipinski definition) is 2. The maximum absolute atomic E-state index is 13.0. The van der Waals surface area contributed by atoms with Crippen molar-refractivity contribution in [3.05, 3.63) is 52.8 Å². The van der Waals surface area contributed by atoms with E-state index in [4.69, 9.17) is 0 Å². The van der Waals surface area contributed by atoms with Crippen molar-refractivity contribution in [2.24, 2.45) is 5.92 Å². The summed E-state index contributed by atoms with van der Waals surface area (Å²) in [5, 5.41) is 1.66. The number of rotatable bonds is 3. The molecule has 1 heterocycles. The van der Waals surface area contributed by atoms with Gasteiger partial charge in [-0.2, -0.15) is 4.31 Å². The first-order valence-corrected chi connectivity index (χ1v) is 14.1. The molecule has 3 nitrogen and oxygen atoms in total. The Balaban J connectivity index is 1.91. The van der Waals surface area contributed by atoms with Crippen molar-refractivity contribution in [1.29, 1.82) is 0 Å². The Hall–Kier alpha value is -1.17. The zero-order chi connectivity index (χ0) is 18.2. The van der Waals surface area contributed by atoms with E-state index in [2.05, 4.69) is 31.8 Å². The summed E-state index contributed by atoms with van der Waals surface area (Å²) in [5.41, 5.74) is 2.61. The third-order valence-electron chi connectivity index (χ3n) is 5.36. The lowest BCUT2D eigenvalue weighted by atomic mass is 9.92. The normalized spacial score (nSPS) is 22.6. The van der Waals surface area contributed by atoms with Crippen molar-refractivity contribution in [3.63, 3.8) is 0 Å². The summed E-state index contributed by atoms with van der Waals surface area (Å²) >= 11 is 0. The monoisotopic (exact) mass is 375 g/mol. The highest BCUT2D eigenvalue weighted by Gasteiger charge is 2.35. The average molecular weight is 376 g/mol.